The lowest BCUT2D eigenvalue weighted by Gasteiger charge is -2.35. The second-order valence-electron chi connectivity index (χ2n) is 9.95. The van der Waals surface area contributed by atoms with Crippen molar-refractivity contribution in [2.45, 2.75) is 37.6 Å². The van der Waals surface area contributed by atoms with Gasteiger partial charge in [-0.15, -0.1) is 0 Å². The largest absolute Gasteiger partial charge is 0.348 e. The molecule has 0 unspecified atom stereocenters. The zero-order chi connectivity index (χ0) is 26.0. The summed E-state index contributed by atoms with van der Waals surface area (Å²) in [4.78, 5) is 27.7. The van der Waals surface area contributed by atoms with Gasteiger partial charge in [0.15, 0.2) is 0 Å². The van der Waals surface area contributed by atoms with E-state index in [1.807, 2.05) is 18.2 Å². The molecule has 2 aliphatic rings. The molecule has 194 valence electrons. The van der Waals surface area contributed by atoms with E-state index >= 15 is 0 Å². The van der Waals surface area contributed by atoms with E-state index in [4.69, 9.17) is 28.2 Å². The molecule has 1 saturated heterocycles. The maximum atomic E-state index is 13.8. The first-order chi connectivity index (χ1) is 17.9. The Morgan fingerprint density at radius 1 is 1.03 bits per heavy atom. The molecule has 1 aliphatic heterocycles. The van der Waals surface area contributed by atoms with Crippen LogP contribution >= 0.6 is 23.2 Å². The van der Waals surface area contributed by atoms with Gasteiger partial charge in [-0.2, -0.15) is 0 Å². The maximum Gasteiger partial charge on any atom is 0.255 e. The fourth-order valence-electron chi connectivity index (χ4n) is 5.40. The van der Waals surface area contributed by atoms with Gasteiger partial charge in [0.2, 0.25) is 5.95 Å². The highest BCUT2D eigenvalue weighted by molar-refractivity contribution is 6.42. The van der Waals surface area contributed by atoms with E-state index in [1.54, 1.807) is 18.3 Å². The van der Waals surface area contributed by atoms with Crippen LogP contribution < -0.4 is 10.2 Å². The topological polar surface area (TPSA) is 61.4 Å². The molecule has 0 spiro atoms. The number of aromatic nitrogens is 2. The molecule has 1 amide bonds. The normalized spacial score (nSPS) is 17.7. The molecule has 3 aromatic rings. The molecule has 1 saturated carbocycles. The third kappa shape index (κ3) is 5.44. The van der Waals surface area contributed by atoms with Crippen molar-refractivity contribution in [2.24, 2.45) is 0 Å². The molecular formula is C28H30Cl2FN5O. The number of rotatable bonds is 6. The number of carbonyl (C=O) groups is 1. The predicted molar refractivity (Wildman–Crippen MR) is 145 cm³/mol. The second kappa shape index (κ2) is 10.9. The number of hydrogen-bond acceptors (Lipinski definition) is 5. The third-order valence-corrected chi connectivity index (χ3v) is 8.29. The Balaban J connectivity index is 1.52. The number of nitrogens with zero attached hydrogens (tertiary/aromatic N) is 4. The number of benzene rings is 2. The lowest BCUT2D eigenvalue weighted by atomic mass is 9.74. The SMILES string of the molecule is CN1CCN(c2ncc(C(=O)NCc3ccc(Cl)c(Cl)c3)c(C3(c4ccc(F)cc4)CCCC3)n2)CC1. The summed E-state index contributed by atoms with van der Waals surface area (Å²) in [5.41, 5.74) is 2.51. The van der Waals surface area contributed by atoms with Crippen LogP contribution in [0.1, 0.15) is 52.9 Å². The number of amides is 1. The minimum Gasteiger partial charge on any atom is -0.348 e. The molecule has 2 heterocycles. The quantitative estimate of drug-likeness (QED) is 0.448. The third-order valence-electron chi connectivity index (χ3n) is 7.55. The van der Waals surface area contributed by atoms with E-state index in [1.165, 1.54) is 12.1 Å². The average Bonchev–Trinajstić information content (AvgIpc) is 3.41. The van der Waals surface area contributed by atoms with Crippen LogP contribution in [0.2, 0.25) is 10.0 Å². The Labute approximate surface area is 226 Å². The summed E-state index contributed by atoms with van der Waals surface area (Å²) in [5.74, 6) is 0.106. The Hall–Kier alpha value is -2.74. The van der Waals surface area contributed by atoms with E-state index in [2.05, 4.69) is 27.1 Å². The lowest BCUT2D eigenvalue weighted by molar-refractivity contribution is 0.0947. The maximum absolute atomic E-state index is 13.8. The Morgan fingerprint density at radius 2 is 1.73 bits per heavy atom. The van der Waals surface area contributed by atoms with Crippen molar-refractivity contribution in [3.63, 3.8) is 0 Å². The minimum atomic E-state index is -0.478. The number of piperazine rings is 1. The van der Waals surface area contributed by atoms with Crippen LogP contribution in [0.25, 0.3) is 0 Å². The molecule has 9 heteroatoms. The van der Waals surface area contributed by atoms with Crippen LogP contribution in [-0.4, -0.2) is 54.0 Å². The van der Waals surface area contributed by atoms with Crippen molar-refractivity contribution in [1.29, 1.82) is 0 Å². The summed E-state index contributed by atoms with van der Waals surface area (Å²) in [7, 11) is 2.10. The Kier molecular flexibility index (Phi) is 7.65. The van der Waals surface area contributed by atoms with Gasteiger partial charge in [-0.3, -0.25) is 4.79 Å². The number of carbonyl (C=O) groups excluding carboxylic acids is 1. The van der Waals surface area contributed by atoms with Crippen LogP contribution in [0.3, 0.4) is 0 Å². The highest BCUT2D eigenvalue weighted by atomic mass is 35.5. The van der Waals surface area contributed by atoms with Gasteiger partial charge in [-0.25, -0.2) is 14.4 Å². The number of anilines is 1. The van der Waals surface area contributed by atoms with Gasteiger partial charge < -0.3 is 15.1 Å². The Bertz CT molecular complexity index is 1270. The van der Waals surface area contributed by atoms with Gasteiger partial charge in [-0.1, -0.05) is 54.2 Å². The standard InChI is InChI=1S/C28H30Cl2FN5O/c1-35-12-14-36(15-13-35)27-33-18-22(26(37)32-17-19-4-9-23(29)24(30)16-19)25(34-27)28(10-2-3-11-28)20-5-7-21(31)8-6-20/h4-9,16,18H,2-3,10-15,17H2,1H3,(H,32,37). The van der Waals surface area contributed by atoms with E-state index in [-0.39, 0.29) is 11.7 Å². The van der Waals surface area contributed by atoms with E-state index in [0.717, 1.165) is 63.0 Å². The van der Waals surface area contributed by atoms with Crippen molar-refractivity contribution >= 4 is 35.1 Å². The fourth-order valence-corrected chi connectivity index (χ4v) is 5.72. The van der Waals surface area contributed by atoms with E-state index in [0.29, 0.717) is 33.8 Å². The fraction of sp³-hybridized carbons (Fsp3) is 0.393. The molecular weight excluding hydrogens is 512 g/mol. The smallest absolute Gasteiger partial charge is 0.255 e. The van der Waals surface area contributed by atoms with Gasteiger partial charge >= 0.3 is 0 Å². The molecule has 2 fully saturated rings. The van der Waals surface area contributed by atoms with Gasteiger partial charge in [0.05, 0.1) is 21.3 Å². The van der Waals surface area contributed by atoms with Crippen molar-refractivity contribution < 1.29 is 9.18 Å². The van der Waals surface area contributed by atoms with Gasteiger partial charge in [0.1, 0.15) is 5.82 Å². The number of halogens is 3. The first kappa shape index (κ1) is 25.9. The average molecular weight is 542 g/mol. The first-order valence-corrected chi connectivity index (χ1v) is 13.4. The van der Waals surface area contributed by atoms with Crippen molar-refractivity contribution in [1.82, 2.24) is 20.2 Å². The summed E-state index contributed by atoms with van der Waals surface area (Å²) in [6, 6.07) is 11.9. The molecule has 5 rings (SSSR count). The summed E-state index contributed by atoms with van der Waals surface area (Å²) in [5, 5.41) is 3.91. The number of nitrogens with one attached hydrogen (secondary N) is 1. The van der Waals surface area contributed by atoms with E-state index in [9.17, 15) is 9.18 Å². The van der Waals surface area contributed by atoms with Crippen LogP contribution in [0.5, 0.6) is 0 Å². The molecule has 6 nitrogen and oxygen atoms in total. The second-order valence-corrected chi connectivity index (χ2v) is 10.8. The van der Waals surface area contributed by atoms with E-state index < -0.39 is 5.41 Å². The predicted octanol–water partition coefficient (Wildman–Crippen LogP) is 5.46. The Morgan fingerprint density at radius 3 is 2.41 bits per heavy atom. The molecule has 2 aromatic carbocycles. The van der Waals surface area contributed by atoms with Crippen LogP contribution in [-0.2, 0) is 12.0 Å². The monoisotopic (exact) mass is 541 g/mol. The minimum absolute atomic E-state index is 0.251. The van der Waals surface area contributed by atoms with Gasteiger partial charge in [0, 0.05) is 44.3 Å². The molecule has 0 atom stereocenters. The van der Waals surface area contributed by atoms with Gasteiger partial charge in [-0.05, 0) is 55.3 Å². The van der Waals surface area contributed by atoms with Crippen LogP contribution in [0, 0.1) is 5.82 Å². The zero-order valence-electron chi connectivity index (χ0n) is 20.8. The van der Waals surface area contributed by atoms with Gasteiger partial charge in [0.25, 0.3) is 5.91 Å². The first-order valence-electron chi connectivity index (χ1n) is 12.6. The number of likely N-dealkylation sites (N-methyl/N-ethyl adjacent to an activating group) is 1. The summed E-state index contributed by atoms with van der Waals surface area (Å²) in [6.07, 6.45) is 5.35. The lowest BCUT2D eigenvalue weighted by Crippen LogP contribution is -2.45. The summed E-state index contributed by atoms with van der Waals surface area (Å²) >= 11 is 12.2. The molecule has 1 aliphatic carbocycles. The molecule has 0 radical (unpaired) electrons. The summed E-state index contributed by atoms with van der Waals surface area (Å²) < 4.78 is 13.8. The van der Waals surface area contributed by atoms with Crippen LogP contribution in [0.4, 0.5) is 10.3 Å². The highest BCUT2D eigenvalue weighted by Crippen LogP contribution is 2.47. The van der Waals surface area contributed by atoms with Crippen molar-refractivity contribution in [3.05, 3.63) is 86.9 Å². The zero-order valence-corrected chi connectivity index (χ0v) is 22.3. The number of hydrogen-bond donors (Lipinski definition) is 1. The van der Waals surface area contributed by atoms with Crippen molar-refractivity contribution in [2.75, 3.05) is 38.1 Å². The molecule has 0 bridgehead atoms. The molecule has 1 N–H and O–H groups in total. The van der Waals surface area contributed by atoms with Crippen molar-refractivity contribution in [3.8, 4) is 0 Å². The highest BCUT2D eigenvalue weighted by Gasteiger charge is 2.42. The van der Waals surface area contributed by atoms with Crippen LogP contribution in [0.15, 0.2) is 48.7 Å². The summed E-state index contributed by atoms with van der Waals surface area (Å²) in [6.45, 7) is 3.78. The molecule has 1 aromatic heterocycles. The molecule has 37 heavy (non-hydrogen) atoms.